The Morgan fingerprint density at radius 2 is 1.66 bits per heavy atom. The number of hydrogen-bond donors (Lipinski definition) is 1. The van der Waals surface area contributed by atoms with Gasteiger partial charge in [-0.25, -0.2) is 9.59 Å². The monoisotopic (exact) mass is 742 g/mol. The topological polar surface area (TPSA) is 113 Å². The maximum atomic E-state index is 13.0. The Kier molecular flexibility index (Phi) is 9.35. The van der Waals surface area contributed by atoms with Gasteiger partial charge in [0.2, 0.25) is 0 Å². The summed E-state index contributed by atoms with van der Waals surface area (Å²) in [5.74, 6) is 2.21. The average Bonchev–Trinajstić information content (AvgIpc) is 3.66. The van der Waals surface area contributed by atoms with Crippen LogP contribution in [0, 0.1) is 51.2 Å². The molecule has 10 heteroatoms. The first-order valence-corrected chi connectivity index (χ1v) is 21.5. The van der Waals surface area contributed by atoms with Gasteiger partial charge in [-0.15, -0.1) is 0 Å². The number of fused-ring (bicyclic) bond motifs is 4. The summed E-state index contributed by atoms with van der Waals surface area (Å²) < 4.78 is 32.1. The molecule has 8 rings (SSSR count). The van der Waals surface area contributed by atoms with Gasteiger partial charge in [0, 0.05) is 25.2 Å². The number of ether oxygens (including phenoxy) is 5. The van der Waals surface area contributed by atoms with E-state index in [2.05, 4.69) is 41.5 Å². The minimum atomic E-state index is -0.534. The number of amides is 2. The van der Waals surface area contributed by atoms with Crippen molar-refractivity contribution in [3.63, 3.8) is 0 Å². The first-order valence-electron chi connectivity index (χ1n) is 21.5. The van der Waals surface area contributed by atoms with Crippen molar-refractivity contribution in [2.75, 3.05) is 32.8 Å². The van der Waals surface area contributed by atoms with Crippen LogP contribution in [0.2, 0.25) is 0 Å². The van der Waals surface area contributed by atoms with E-state index in [0.717, 1.165) is 45.2 Å². The second-order valence-electron chi connectivity index (χ2n) is 21.1. The number of rotatable bonds is 6. The van der Waals surface area contributed by atoms with Crippen LogP contribution in [0.4, 0.5) is 9.59 Å². The van der Waals surface area contributed by atoms with E-state index in [4.69, 9.17) is 29.4 Å². The summed E-state index contributed by atoms with van der Waals surface area (Å²) in [5.41, 5.74) is 7.86. The van der Waals surface area contributed by atoms with Gasteiger partial charge in [-0.1, -0.05) is 48.0 Å². The van der Waals surface area contributed by atoms with Crippen molar-refractivity contribution in [3.8, 4) is 0 Å². The van der Waals surface area contributed by atoms with Gasteiger partial charge in [0.25, 0.3) is 0 Å². The van der Waals surface area contributed by atoms with Crippen LogP contribution in [0.15, 0.2) is 0 Å². The Hall–Kier alpha value is -1.62. The number of nitrogens with zero attached hydrogens (tertiary/aromatic N) is 2. The lowest BCUT2D eigenvalue weighted by molar-refractivity contribution is -0.243. The average molecular weight is 742 g/mol. The lowest BCUT2D eigenvalue weighted by atomic mass is 9.43. The van der Waals surface area contributed by atoms with E-state index in [1.165, 1.54) is 38.5 Å². The molecular formula is C43H71N3O7. The van der Waals surface area contributed by atoms with Crippen LogP contribution < -0.4 is 5.73 Å². The third kappa shape index (κ3) is 5.82. The lowest BCUT2D eigenvalue weighted by Crippen LogP contribution is -2.66. The molecule has 5 aliphatic carbocycles. The first-order chi connectivity index (χ1) is 24.9. The smallest absolute Gasteiger partial charge is 0.410 e. The van der Waals surface area contributed by atoms with Crippen LogP contribution in [0.5, 0.6) is 0 Å². The van der Waals surface area contributed by atoms with Crippen molar-refractivity contribution in [3.05, 3.63) is 0 Å². The summed E-state index contributed by atoms with van der Waals surface area (Å²) in [7, 11) is 0. The Morgan fingerprint density at radius 3 is 2.32 bits per heavy atom. The molecule has 0 radical (unpaired) electrons. The van der Waals surface area contributed by atoms with Crippen molar-refractivity contribution >= 4 is 12.2 Å². The van der Waals surface area contributed by atoms with E-state index in [0.29, 0.717) is 54.2 Å². The van der Waals surface area contributed by atoms with Crippen molar-refractivity contribution in [2.24, 2.45) is 57.0 Å². The second-order valence-corrected chi connectivity index (χ2v) is 21.1. The van der Waals surface area contributed by atoms with E-state index in [1.54, 1.807) is 4.90 Å². The number of carbonyl (C=O) groups excluding carboxylic acids is 2. The minimum absolute atomic E-state index is 0.0144. The lowest BCUT2D eigenvalue weighted by Gasteiger charge is -2.63. The zero-order valence-electron chi connectivity index (χ0n) is 34.4. The molecule has 10 nitrogen and oxygen atoms in total. The Bertz CT molecular complexity index is 1430. The predicted octanol–water partition coefficient (Wildman–Crippen LogP) is 7.76. The highest BCUT2D eigenvalue weighted by molar-refractivity contribution is 5.69. The highest BCUT2D eigenvalue weighted by atomic mass is 16.7. The van der Waals surface area contributed by atoms with Gasteiger partial charge >= 0.3 is 12.2 Å². The van der Waals surface area contributed by atoms with Crippen molar-refractivity contribution in [1.29, 1.82) is 0 Å². The summed E-state index contributed by atoms with van der Waals surface area (Å²) in [6.45, 7) is 22.8. The number of nitrogens with two attached hydrogens (primary N) is 1. The number of hydrogen-bond acceptors (Lipinski definition) is 8. The SMILES string of the molecule is CCC1CC(C(OC(=O)N2CCC2)C(C)C)OC2CC3(N)C4CCC5C(C)(C)C(OC6CN(C(=O)OC(C)(C)C)CCO6)CCC56CC46CCC3(C)C12. The fourth-order valence-corrected chi connectivity index (χ4v) is 14.3. The fourth-order valence-electron chi connectivity index (χ4n) is 14.3. The summed E-state index contributed by atoms with van der Waals surface area (Å²) in [6.07, 6.45) is 11.3. The maximum absolute atomic E-state index is 13.0. The molecule has 0 aromatic heterocycles. The summed E-state index contributed by atoms with van der Waals surface area (Å²) in [4.78, 5) is 29.5. The molecule has 2 spiro atoms. The van der Waals surface area contributed by atoms with Crippen LogP contribution in [0.25, 0.3) is 0 Å². The van der Waals surface area contributed by atoms with Crippen molar-refractivity contribution in [2.45, 2.75) is 175 Å². The first kappa shape index (κ1) is 38.3. The van der Waals surface area contributed by atoms with Gasteiger partial charge in [0.05, 0.1) is 31.5 Å². The minimum Gasteiger partial charge on any atom is -0.444 e. The maximum Gasteiger partial charge on any atom is 0.410 e. The molecule has 13 unspecified atom stereocenters. The van der Waals surface area contributed by atoms with Crippen LogP contribution >= 0.6 is 0 Å². The molecule has 13 atom stereocenters. The standard InChI is InChI=1S/C43H71N3O7/c1-10-27-22-28(35(26(2)3)52-36(47)45-18-11-19-45)50-29-23-43(44)31-13-12-30-39(7,8)32(51-33-24-46(20-21-49-33)37(48)53-38(4,5)6)14-15-41(30)25-42(31,41)17-16-40(43,9)34(27)29/h26-35H,10-25,44H2,1-9H3. The van der Waals surface area contributed by atoms with E-state index in [-0.39, 0.29) is 58.9 Å². The number of likely N-dealkylation sites (tertiary alicyclic amines) is 1. The van der Waals surface area contributed by atoms with Crippen LogP contribution in [0.3, 0.4) is 0 Å². The summed E-state index contributed by atoms with van der Waals surface area (Å²) in [5, 5.41) is 0. The van der Waals surface area contributed by atoms with Gasteiger partial charge in [0.1, 0.15) is 11.7 Å². The molecule has 0 aromatic rings. The predicted molar refractivity (Wildman–Crippen MR) is 202 cm³/mol. The number of morpholine rings is 1. The third-order valence-electron chi connectivity index (χ3n) is 16.9. The van der Waals surface area contributed by atoms with Crippen LogP contribution in [0.1, 0.15) is 133 Å². The molecular weight excluding hydrogens is 670 g/mol. The zero-order valence-corrected chi connectivity index (χ0v) is 34.4. The number of carbonyl (C=O) groups is 2. The molecule has 5 saturated carbocycles. The largest absolute Gasteiger partial charge is 0.444 e. The summed E-state index contributed by atoms with van der Waals surface area (Å²) in [6, 6.07) is 0. The normalized spacial score (nSPS) is 46.2. The molecule has 2 amide bonds. The molecule has 8 aliphatic rings. The highest BCUT2D eigenvalue weighted by Gasteiger charge is 2.83. The Morgan fingerprint density at radius 1 is 0.943 bits per heavy atom. The zero-order chi connectivity index (χ0) is 37.9. The molecule has 300 valence electrons. The summed E-state index contributed by atoms with van der Waals surface area (Å²) >= 11 is 0. The molecule has 0 bridgehead atoms. The molecule has 3 heterocycles. The quantitative estimate of drug-likeness (QED) is 0.294. The molecule has 53 heavy (non-hydrogen) atoms. The van der Waals surface area contributed by atoms with E-state index < -0.39 is 11.9 Å². The van der Waals surface area contributed by atoms with Crippen molar-refractivity contribution in [1.82, 2.24) is 9.80 Å². The van der Waals surface area contributed by atoms with E-state index in [9.17, 15) is 9.59 Å². The Balaban J connectivity index is 0.979. The van der Waals surface area contributed by atoms with Crippen LogP contribution in [-0.2, 0) is 23.7 Å². The van der Waals surface area contributed by atoms with Gasteiger partial charge < -0.3 is 39.2 Å². The second kappa shape index (κ2) is 13.0. The molecule has 2 N–H and O–H groups in total. The van der Waals surface area contributed by atoms with Gasteiger partial charge in [-0.3, -0.25) is 0 Å². The fraction of sp³-hybridized carbons (Fsp3) is 0.953. The molecule has 3 saturated heterocycles. The highest BCUT2D eigenvalue weighted by Crippen LogP contribution is 2.87. The van der Waals surface area contributed by atoms with Gasteiger partial charge in [-0.2, -0.15) is 0 Å². The Labute approximate surface area is 319 Å². The van der Waals surface area contributed by atoms with Gasteiger partial charge in [-0.05, 0) is 136 Å². The molecule has 8 fully saturated rings. The van der Waals surface area contributed by atoms with Gasteiger partial charge in [0.15, 0.2) is 6.29 Å². The molecule has 3 aliphatic heterocycles. The van der Waals surface area contributed by atoms with E-state index >= 15 is 0 Å². The van der Waals surface area contributed by atoms with Crippen LogP contribution in [-0.4, -0.2) is 96.6 Å². The third-order valence-corrected chi connectivity index (χ3v) is 16.9. The molecule has 0 aromatic carbocycles. The van der Waals surface area contributed by atoms with Crippen molar-refractivity contribution < 1.29 is 33.3 Å². The van der Waals surface area contributed by atoms with E-state index in [1.807, 2.05) is 25.7 Å².